The van der Waals surface area contributed by atoms with Crippen molar-refractivity contribution >= 4 is 17.3 Å². The number of benzene rings is 1. The van der Waals surface area contributed by atoms with Crippen LogP contribution in [0.3, 0.4) is 0 Å². The number of rotatable bonds is 3. The predicted octanol–water partition coefficient (Wildman–Crippen LogP) is 5.32. The lowest BCUT2D eigenvalue weighted by molar-refractivity contribution is -0.138. The number of piperidine rings is 1. The minimum Gasteiger partial charge on any atom is -0.372 e. The maximum Gasteiger partial charge on any atom is 0.416 e. The fourth-order valence-electron chi connectivity index (χ4n) is 2.97. The van der Waals surface area contributed by atoms with E-state index in [-0.39, 0.29) is 11.4 Å². The molecule has 0 radical (unpaired) electrons. The fourth-order valence-corrected chi connectivity index (χ4v) is 3.20. The molecule has 1 aliphatic heterocycles. The van der Waals surface area contributed by atoms with Gasteiger partial charge in [-0.1, -0.05) is 19.9 Å². The normalized spacial score (nSPS) is 17.6. The maximum atomic E-state index is 13.1. The summed E-state index contributed by atoms with van der Waals surface area (Å²) in [6.45, 7) is 6.05. The first-order chi connectivity index (χ1) is 9.82. The van der Waals surface area contributed by atoms with Crippen molar-refractivity contribution in [1.29, 1.82) is 0 Å². The van der Waals surface area contributed by atoms with Crippen molar-refractivity contribution < 1.29 is 13.2 Å². The zero-order chi connectivity index (χ0) is 15.6. The summed E-state index contributed by atoms with van der Waals surface area (Å²) < 4.78 is 39.2. The molecule has 0 atom stereocenters. The van der Waals surface area contributed by atoms with Crippen LogP contribution in [0.25, 0.3) is 0 Å². The molecule has 1 aromatic rings. The molecule has 1 saturated heterocycles. The Morgan fingerprint density at radius 2 is 1.86 bits per heavy atom. The average Bonchev–Trinajstić information content (AvgIpc) is 2.45. The summed E-state index contributed by atoms with van der Waals surface area (Å²) >= 11 is 5.62. The summed E-state index contributed by atoms with van der Waals surface area (Å²) in [6, 6.07) is 4.50. The van der Waals surface area contributed by atoms with Gasteiger partial charge in [0.05, 0.1) is 5.56 Å². The summed E-state index contributed by atoms with van der Waals surface area (Å²) in [6.07, 6.45) is -2.27. The molecule has 1 fully saturated rings. The highest BCUT2D eigenvalue weighted by molar-refractivity contribution is 6.17. The summed E-state index contributed by atoms with van der Waals surface area (Å²) in [5.41, 5.74) is 0.185. The first-order valence-corrected chi connectivity index (χ1v) is 7.87. The molecule has 0 saturated carbocycles. The highest BCUT2D eigenvalue weighted by atomic mass is 35.5. The molecule has 2 rings (SSSR count). The zero-order valence-corrected chi connectivity index (χ0v) is 13.1. The first kappa shape index (κ1) is 16.5. The van der Waals surface area contributed by atoms with Crippen LogP contribution in [0.2, 0.25) is 0 Å². The van der Waals surface area contributed by atoms with E-state index in [1.807, 2.05) is 4.90 Å². The Morgan fingerprint density at radius 3 is 2.33 bits per heavy atom. The zero-order valence-electron chi connectivity index (χ0n) is 12.4. The van der Waals surface area contributed by atoms with Crippen molar-refractivity contribution in [3.05, 3.63) is 29.3 Å². The van der Waals surface area contributed by atoms with Gasteiger partial charge in [-0.15, -0.1) is 11.6 Å². The number of halogens is 4. The van der Waals surface area contributed by atoms with Gasteiger partial charge in [-0.25, -0.2) is 0 Å². The summed E-state index contributed by atoms with van der Waals surface area (Å²) in [5, 5.41) is 0. The molecule has 0 aromatic heterocycles. The number of nitrogens with zero attached hydrogens (tertiary/aromatic N) is 1. The molecule has 0 N–H and O–H groups in total. The van der Waals surface area contributed by atoms with E-state index in [2.05, 4.69) is 13.8 Å². The van der Waals surface area contributed by atoms with Gasteiger partial charge in [-0.2, -0.15) is 13.2 Å². The second-order valence-electron chi connectivity index (χ2n) is 6.04. The molecule has 21 heavy (non-hydrogen) atoms. The van der Waals surface area contributed by atoms with Gasteiger partial charge in [-0.3, -0.25) is 0 Å². The van der Waals surface area contributed by atoms with Crippen molar-refractivity contribution in [3.8, 4) is 0 Å². The Morgan fingerprint density at radius 1 is 1.24 bits per heavy atom. The van der Waals surface area contributed by atoms with Gasteiger partial charge in [0.15, 0.2) is 0 Å². The van der Waals surface area contributed by atoms with Crippen molar-refractivity contribution in [2.75, 3.05) is 18.0 Å². The monoisotopic (exact) mass is 319 g/mol. The van der Waals surface area contributed by atoms with Crippen molar-refractivity contribution in [2.45, 2.75) is 38.7 Å². The van der Waals surface area contributed by atoms with E-state index in [0.29, 0.717) is 17.5 Å². The van der Waals surface area contributed by atoms with Crippen LogP contribution >= 0.6 is 11.6 Å². The number of alkyl halides is 4. The van der Waals surface area contributed by atoms with Gasteiger partial charge in [0, 0.05) is 24.7 Å². The Hall–Kier alpha value is -0.900. The molecular weight excluding hydrogens is 299 g/mol. The highest BCUT2D eigenvalue weighted by Crippen LogP contribution is 2.36. The van der Waals surface area contributed by atoms with E-state index in [9.17, 15) is 13.2 Å². The van der Waals surface area contributed by atoms with Gasteiger partial charge in [-0.05, 0) is 42.4 Å². The highest BCUT2D eigenvalue weighted by Gasteiger charge is 2.34. The van der Waals surface area contributed by atoms with E-state index in [0.717, 1.165) is 25.9 Å². The second-order valence-corrected chi connectivity index (χ2v) is 6.31. The van der Waals surface area contributed by atoms with Gasteiger partial charge in [0.1, 0.15) is 0 Å². The molecule has 5 heteroatoms. The van der Waals surface area contributed by atoms with Gasteiger partial charge in [0.2, 0.25) is 0 Å². The van der Waals surface area contributed by atoms with E-state index in [4.69, 9.17) is 11.6 Å². The van der Waals surface area contributed by atoms with E-state index < -0.39 is 11.7 Å². The van der Waals surface area contributed by atoms with Crippen LogP contribution in [-0.2, 0) is 12.1 Å². The van der Waals surface area contributed by atoms with Crippen LogP contribution in [0.5, 0.6) is 0 Å². The average molecular weight is 320 g/mol. The number of anilines is 1. The lowest BCUT2D eigenvalue weighted by Gasteiger charge is -2.35. The van der Waals surface area contributed by atoms with E-state index in [1.54, 1.807) is 6.07 Å². The topological polar surface area (TPSA) is 3.24 Å². The van der Waals surface area contributed by atoms with E-state index in [1.165, 1.54) is 12.1 Å². The van der Waals surface area contributed by atoms with Crippen LogP contribution in [0.15, 0.2) is 18.2 Å². The van der Waals surface area contributed by atoms with Crippen molar-refractivity contribution in [2.24, 2.45) is 11.8 Å². The molecule has 118 valence electrons. The van der Waals surface area contributed by atoms with E-state index >= 15 is 0 Å². The lowest BCUT2D eigenvalue weighted by Crippen LogP contribution is -2.35. The quantitative estimate of drug-likeness (QED) is 0.682. The SMILES string of the molecule is CC(C)C1CCN(c2ccc(CCl)c(C(F)(F)F)c2)CC1. The molecular formula is C16H21ClF3N. The molecule has 0 aliphatic carbocycles. The molecule has 1 aliphatic rings. The molecule has 0 spiro atoms. The number of hydrogen-bond donors (Lipinski definition) is 0. The minimum atomic E-state index is -4.35. The summed E-state index contributed by atoms with van der Waals surface area (Å²) in [4.78, 5) is 2.05. The molecule has 1 heterocycles. The fraction of sp³-hybridized carbons (Fsp3) is 0.625. The van der Waals surface area contributed by atoms with Crippen LogP contribution in [0.4, 0.5) is 18.9 Å². The first-order valence-electron chi connectivity index (χ1n) is 7.34. The Bertz CT molecular complexity index is 477. The van der Waals surface area contributed by atoms with Crippen LogP contribution < -0.4 is 4.90 Å². The second kappa shape index (κ2) is 6.47. The molecule has 0 amide bonds. The van der Waals surface area contributed by atoms with Gasteiger partial charge < -0.3 is 4.90 Å². The van der Waals surface area contributed by atoms with Gasteiger partial charge in [0.25, 0.3) is 0 Å². The Balaban J connectivity index is 2.18. The molecule has 1 aromatic carbocycles. The third kappa shape index (κ3) is 3.85. The minimum absolute atomic E-state index is 0.120. The Labute approximate surface area is 129 Å². The van der Waals surface area contributed by atoms with Crippen molar-refractivity contribution in [1.82, 2.24) is 0 Å². The summed E-state index contributed by atoms with van der Waals surface area (Å²) in [7, 11) is 0. The third-order valence-corrected chi connectivity index (χ3v) is 4.68. The summed E-state index contributed by atoms with van der Waals surface area (Å²) in [5.74, 6) is 1.19. The van der Waals surface area contributed by atoms with Crippen LogP contribution in [0.1, 0.15) is 37.8 Å². The standard InChI is InChI=1S/C16H21ClF3N/c1-11(2)12-5-7-21(8-6-12)14-4-3-13(10-17)15(9-14)16(18,19)20/h3-4,9,11-12H,5-8,10H2,1-2H3. The molecule has 1 nitrogen and oxygen atoms in total. The largest absolute Gasteiger partial charge is 0.416 e. The maximum absolute atomic E-state index is 13.1. The molecule has 0 bridgehead atoms. The van der Waals surface area contributed by atoms with Crippen LogP contribution in [0, 0.1) is 11.8 Å². The third-order valence-electron chi connectivity index (χ3n) is 4.39. The lowest BCUT2D eigenvalue weighted by atomic mass is 9.86. The predicted molar refractivity (Wildman–Crippen MR) is 80.8 cm³/mol. The van der Waals surface area contributed by atoms with Crippen molar-refractivity contribution in [3.63, 3.8) is 0 Å². The smallest absolute Gasteiger partial charge is 0.372 e. The Kier molecular flexibility index (Phi) is 5.07. The molecule has 0 unspecified atom stereocenters. The van der Waals surface area contributed by atoms with Gasteiger partial charge >= 0.3 is 6.18 Å². The van der Waals surface area contributed by atoms with Crippen LogP contribution in [-0.4, -0.2) is 13.1 Å². The number of hydrogen-bond acceptors (Lipinski definition) is 1.